The molecule has 3 aromatic rings. The molecule has 0 aliphatic heterocycles. The fourth-order valence-corrected chi connectivity index (χ4v) is 3.14. The minimum absolute atomic E-state index is 0. The number of aryl methyl sites for hydroxylation is 1. The number of methoxy groups -OCH3 is 1. The van der Waals surface area contributed by atoms with Crippen LogP contribution in [-0.4, -0.2) is 49.7 Å². The van der Waals surface area contributed by atoms with Gasteiger partial charge in [0.15, 0.2) is 5.96 Å². The van der Waals surface area contributed by atoms with Crippen LogP contribution in [0.4, 0.5) is 0 Å². The van der Waals surface area contributed by atoms with E-state index in [4.69, 9.17) is 9.47 Å². The first-order chi connectivity index (χ1) is 15.2. The van der Waals surface area contributed by atoms with Gasteiger partial charge >= 0.3 is 0 Å². The van der Waals surface area contributed by atoms with Crippen molar-refractivity contribution in [2.45, 2.75) is 19.9 Å². The van der Waals surface area contributed by atoms with E-state index in [1.165, 1.54) is 5.56 Å². The fraction of sp³-hybridized carbons (Fsp3) is 0.333. The summed E-state index contributed by atoms with van der Waals surface area (Å²) in [7, 11) is 3.45. The topological polar surface area (TPSA) is 72.7 Å². The Balaban J connectivity index is 0.00000363. The zero-order valence-corrected chi connectivity index (χ0v) is 21.2. The fourth-order valence-electron chi connectivity index (χ4n) is 3.14. The Kier molecular flexibility index (Phi) is 11.0. The summed E-state index contributed by atoms with van der Waals surface area (Å²) >= 11 is 0. The number of nitrogens with zero attached hydrogens (tertiary/aromatic N) is 3. The second-order valence-corrected chi connectivity index (χ2v) is 7.17. The van der Waals surface area contributed by atoms with Crippen molar-refractivity contribution < 1.29 is 9.47 Å². The molecule has 1 aromatic heterocycles. The average Bonchev–Trinajstić information content (AvgIpc) is 3.33. The molecule has 7 nitrogen and oxygen atoms in total. The van der Waals surface area contributed by atoms with Crippen molar-refractivity contribution in [3.05, 3.63) is 77.6 Å². The standard InChI is InChI=1S/C24H31N5O2.HI/c1-19-5-8-21(23(17-19)31-16-15-30-3)18-27-24(25-2)26-13-11-20-6-9-22(10-7-20)29-14-4-12-28-29;/h4-10,12,14,17H,11,13,15-16,18H2,1-3H3,(H2,25,26,27);1H. The predicted molar refractivity (Wildman–Crippen MR) is 139 cm³/mol. The summed E-state index contributed by atoms with van der Waals surface area (Å²) in [5.41, 5.74) is 4.56. The Morgan fingerprint density at radius 2 is 1.91 bits per heavy atom. The number of aliphatic imine (C=N–C) groups is 1. The van der Waals surface area contributed by atoms with Crippen LogP contribution >= 0.6 is 24.0 Å². The molecule has 32 heavy (non-hydrogen) atoms. The molecule has 172 valence electrons. The molecule has 2 N–H and O–H groups in total. The van der Waals surface area contributed by atoms with Gasteiger partial charge in [0.2, 0.25) is 0 Å². The molecule has 2 aromatic carbocycles. The van der Waals surface area contributed by atoms with Crippen molar-refractivity contribution in [2.75, 3.05) is 33.9 Å². The molecule has 0 amide bonds. The van der Waals surface area contributed by atoms with Gasteiger partial charge in [-0.15, -0.1) is 24.0 Å². The summed E-state index contributed by atoms with van der Waals surface area (Å²) in [6.45, 7) is 4.56. The molecule has 0 aliphatic carbocycles. The zero-order chi connectivity index (χ0) is 21.9. The van der Waals surface area contributed by atoms with E-state index in [1.807, 2.05) is 16.9 Å². The van der Waals surface area contributed by atoms with Gasteiger partial charge in [0, 0.05) is 45.2 Å². The van der Waals surface area contributed by atoms with E-state index in [9.17, 15) is 0 Å². The number of hydrogen-bond donors (Lipinski definition) is 2. The average molecular weight is 549 g/mol. The third-order valence-electron chi connectivity index (χ3n) is 4.85. The lowest BCUT2D eigenvalue weighted by atomic mass is 10.1. The van der Waals surface area contributed by atoms with Gasteiger partial charge in [0.25, 0.3) is 0 Å². The minimum atomic E-state index is 0. The van der Waals surface area contributed by atoms with Crippen LogP contribution in [0, 0.1) is 6.92 Å². The van der Waals surface area contributed by atoms with E-state index in [-0.39, 0.29) is 24.0 Å². The molecule has 0 saturated heterocycles. The lowest BCUT2D eigenvalue weighted by Crippen LogP contribution is -2.37. The number of rotatable bonds is 10. The molecule has 0 spiro atoms. The molecule has 1 heterocycles. The van der Waals surface area contributed by atoms with Crippen molar-refractivity contribution >= 4 is 29.9 Å². The highest BCUT2D eigenvalue weighted by Gasteiger charge is 2.06. The smallest absolute Gasteiger partial charge is 0.191 e. The van der Waals surface area contributed by atoms with Gasteiger partial charge in [-0.2, -0.15) is 5.10 Å². The molecule has 0 saturated carbocycles. The third-order valence-corrected chi connectivity index (χ3v) is 4.85. The Morgan fingerprint density at radius 1 is 1.09 bits per heavy atom. The highest BCUT2D eigenvalue weighted by Crippen LogP contribution is 2.20. The number of guanidine groups is 1. The molecule has 0 aliphatic rings. The van der Waals surface area contributed by atoms with Crippen molar-refractivity contribution in [3.63, 3.8) is 0 Å². The van der Waals surface area contributed by atoms with Crippen molar-refractivity contribution in [2.24, 2.45) is 4.99 Å². The summed E-state index contributed by atoms with van der Waals surface area (Å²) in [5.74, 6) is 1.63. The van der Waals surface area contributed by atoms with Crippen molar-refractivity contribution in [3.8, 4) is 11.4 Å². The van der Waals surface area contributed by atoms with Gasteiger partial charge < -0.3 is 20.1 Å². The lowest BCUT2D eigenvalue weighted by molar-refractivity contribution is 0.145. The monoisotopic (exact) mass is 549 g/mol. The highest BCUT2D eigenvalue weighted by atomic mass is 127. The first kappa shape index (κ1) is 25.7. The Bertz CT molecular complexity index is 959. The Morgan fingerprint density at radius 3 is 2.59 bits per heavy atom. The maximum Gasteiger partial charge on any atom is 0.191 e. The molecule has 8 heteroatoms. The van der Waals surface area contributed by atoms with Crippen molar-refractivity contribution in [1.82, 2.24) is 20.4 Å². The molecular weight excluding hydrogens is 517 g/mol. The Labute approximate surface area is 207 Å². The van der Waals surface area contributed by atoms with E-state index in [0.717, 1.165) is 41.5 Å². The number of hydrogen-bond acceptors (Lipinski definition) is 4. The summed E-state index contributed by atoms with van der Waals surface area (Å²) in [6, 6.07) is 16.6. The maximum atomic E-state index is 5.87. The first-order valence-corrected chi connectivity index (χ1v) is 10.4. The molecule has 0 atom stereocenters. The normalized spacial score (nSPS) is 11.0. The number of halogens is 1. The largest absolute Gasteiger partial charge is 0.491 e. The summed E-state index contributed by atoms with van der Waals surface area (Å²) in [6.07, 6.45) is 4.62. The predicted octanol–water partition coefficient (Wildman–Crippen LogP) is 3.73. The van der Waals surface area contributed by atoms with Gasteiger partial charge in [0.1, 0.15) is 12.4 Å². The van der Waals surface area contributed by atoms with Crippen LogP contribution in [0.5, 0.6) is 5.75 Å². The van der Waals surface area contributed by atoms with Gasteiger partial charge in [0.05, 0.1) is 12.3 Å². The van der Waals surface area contributed by atoms with Crippen LogP contribution in [0.3, 0.4) is 0 Å². The molecule has 0 fully saturated rings. The molecule has 3 rings (SSSR count). The second-order valence-electron chi connectivity index (χ2n) is 7.17. The number of aromatic nitrogens is 2. The van der Waals surface area contributed by atoms with Crippen LogP contribution in [0.25, 0.3) is 5.69 Å². The van der Waals surface area contributed by atoms with E-state index >= 15 is 0 Å². The molecular formula is C24H32IN5O2. The Hall–Kier alpha value is -2.59. The number of ether oxygens (including phenoxy) is 2. The minimum Gasteiger partial charge on any atom is -0.491 e. The zero-order valence-electron chi connectivity index (χ0n) is 18.9. The van der Waals surface area contributed by atoms with E-state index in [2.05, 4.69) is 70.1 Å². The van der Waals surface area contributed by atoms with Crippen LogP contribution in [0.1, 0.15) is 16.7 Å². The van der Waals surface area contributed by atoms with Crippen LogP contribution in [0.2, 0.25) is 0 Å². The van der Waals surface area contributed by atoms with Crippen LogP contribution in [0.15, 0.2) is 65.9 Å². The summed E-state index contributed by atoms with van der Waals surface area (Å²) < 4.78 is 12.8. The maximum absolute atomic E-state index is 5.87. The molecule has 0 unspecified atom stereocenters. The van der Waals surface area contributed by atoms with E-state index in [1.54, 1.807) is 20.4 Å². The van der Waals surface area contributed by atoms with Gasteiger partial charge in [-0.3, -0.25) is 4.99 Å². The summed E-state index contributed by atoms with van der Waals surface area (Å²) in [5, 5.41) is 11.0. The molecule has 0 bridgehead atoms. The third kappa shape index (κ3) is 7.83. The first-order valence-electron chi connectivity index (χ1n) is 10.4. The van der Waals surface area contributed by atoms with Crippen LogP contribution < -0.4 is 15.4 Å². The SMILES string of the molecule is CN=C(NCCc1ccc(-n2cccn2)cc1)NCc1ccc(C)cc1OCCOC.I. The highest BCUT2D eigenvalue weighted by molar-refractivity contribution is 14.0. The van der Waals surface area contributed by atoms with Gasteiger partial charge in [-0.25, -0.2) is 4.68 Å². The van der Waals surface area contributed by atoms with Crippen LogP contribution in [-0.2, 0) is 17.7 Å². The molecule has 0 radical (unpaired) electrons. The lowest BCUT2D eigenvalue weighted by Gasteiger charge is -2.15. The van der Waals surface area contributed by atoms with Crippen molar-refractivity contribution in [1.29, 1.82) is 0 Å². The van der Waals surface area contributed by atoms with Gasteiger partial charge in [-0.1, -0.05) is 24.3 Å². The second kappa shape index (κ2) is 13.7. The summed E-state index contributed by atoms with van der Waals surface area (Å²) in [4.78, 5) is 4.33. The quantitative estimate of drug-likeness (QED) is 0.175. The number of benzene rings is 2. The van der Waals surface area contributed by atoms with Gasteiger partial charge in [-0.05, 0) is 48.7 Å². The van der Waals surface area contributed by atoms with E-state index < -0.39 is 0 Å². The van der Waals surface area contributed by atoms with E-state index in [0.29, 0.717) is 19.8 Å². The number of nitrogens with one attached hydrogen (secondary N) is 2.